The van der Waals surface area contributed by atoms with Crippen molar-refractivity contribution >= 4 is 29.9 Å². The van der Waals surface area contributed by atoms with Crippen LogP contribution in [0.2, 0.25) is 0 Å². The zero-order valence-corrected chi connectivity index (χ0v) is 21.4. The Labute approximate surface area is 207 Å². The molecule has 0 spiro atoms. The predicted octanol–water partition coefficient (Wildman–Crippen LogP) is 4.38. The summed E-state index contributed by atoms with van der Waals surface area (Å²) >= 11 is 0. The van der Waals surface area contributed by atoms with Crippen LogP contribution in [0.25, 0.3) is 0 Å². The molecule has 0 fully saturated rings. The van der Waals surface area contributed by atoms with Gasteiger partial charge in [-0.1, -0.05) is 30.3 Å². The summed E-state index contributed by atoms with van der Waals surface area (Å²) in [4.78, 5) is 9.26. The van der Waals surface area contributed by atoms with E-state index in [-0.39, 0.29) is 30.0 Å². The second kappa shape index (κ2) is 12.9. The Morgan fingerprint density at radius 3 is 2.59 bits per heavy atom. The van der Waals surface area contributed by atoms with Crippen molar-refractivity contribution in [1.82, 2.24) is 20.2 Å². The van der Waals surface area contributed by atoms with Crippen LogP contribution < -0.4 is 20.1 Å². The molecule has 0 radical (unpaired) electrons. The fourth-order valence-electron chi connectivity index (χ4n) is 3.35. The van der Waals surface area contributed by atoms with Crippen molar-refractivity contribution in [2.24, 2.45) is 4.99 Å². The van der Waals surface area contributed by atoms with Gasteiger partial charge in [0.1, 0.15) is 23.9 Å². The van der Waals surface area contributed by atoms with E-state index < -0.39 is 0 Å². The van der Waals surface area contributed by atoms with Gasteiger partial charge in [0.2, 0.25) is 0 Å². The lowest BCUT2D eigenvalue weighted by Crippen LogP contribution is -2.38. The van der Waals surface area contributed by atoms with Crippen LogP contribution in [0.15, 0.2) is 65.9 Å². The van der Waals surface area contributed by atoms with Gasteiger partial charge in [-0.15, -0.1) is 24.0 Å². The summed E-state index contributed by atoms with van der Waals surface area (Å²) in [6.07, 6.45) is 3.81. The van der Waals surface area contributed by atoms with Gasteiger partial charge in [-0.2, -0.15) is 0 Å². The summed E-state index contributed by atoms with van der Waals surface area (Å²) in [6.45, 7) is 6.11. The third-order valence-electron chi connectivity index (χ3n) is 4.98. The monoisotopic (exact) mass is 549 g/mol. The Hall–Kier alpha value is -2.75. The van der Waals surface area contributed by atoms with Crippen molar-refractivity contribution in [3.63, 3.8) is 0 Å². The highest BCUT2D eigenvalue weighted by Crippen LogP contribution is 2.29. The highest BCUT2D eigenvalue weighted by Gasteiger charge is 2.14. The first-order valence-corrected chi connectivity index (χ1v) is 10.4. The lowest BCUT2D eigenvalue weighted by Gasteiger charge is -2.21. The zero-order valence-electron chi connectivity index (χ0n) is 19.0. The lowest BCUT2D eigenvalue weighted by atomic mass is 10.1. The van der Waals surface area contributed by atoms with Crippen molar-refractivity contribution in [1.29, 1.82) is 0 Å². The standard InChI is InChI=1S/C24H31N5O2.HI/c1-5-25-24(28-18(2)21-15-20(30-3)11-12-22(21)31-4)27-16-23-26-13-14-29(23)17-19-9-7-6-8-10-19;/h6-15,18H,5,16-17H2,1-4H3,(H2,25,27,28);1H. The molecule has 2 aromatic carbocycles. The minimum absolute atomic E-state index is 0. The van der Waals surface area contributed by atoms with Gasteiger partial charge in [-0.25, -0.2) is 9.98 Å². The van der Waals surface area contributed by atoms with E-state index in [1.165, 1.54) is 5.56 Å². The predicted molar refractivity (Wildman–Crippen MR) is 139 cm³/mol. The molecule has 2 N–H and O–H groups in total. The Morgan fingerprint density at radius 2 is 1.91 bits per heavy atom. The smallest absolute Gasteiger partial charge is 0.192 e. The molecule has 1 atom stereocenters. The van der Waals surface area contributed by atoms with Crippen LogP contribution in [-0.4, -0.2) is 36.3 Å². The van der Waals surface area contributed by atoms with Crippen LogP contribution in [0.5, 0.6) is 11.5 Å². The summed E-state index contributed by atoms with van der Waals surface area (Å²) in [7, 11) is 3.33. The largest absolute Gasteiger partial charge is 0.497 e. The van der Waals surface area contributed by atoms with E-state index in [0.29, 0.717) is 12.5 Å². The Morgan fingerprint density at radius 1 is 1.12 bits per heavy atom. The van der Waals surface area contributed by atoms with Gasteiger partial charge in [0.25, 0.3) is 0 Å². The number of rotatable bonds is 9. The van der Waals surface area contributed by atoms with Crippen LogP contribution in [-0.2, 0) is 13.1 Å². The van der Waals surface area contributed by atoms with Crippen LogP contribution in [0.4, 0.5) is 0 Å². The van der Waals surface area contributed by atoms with Crippen molar-refractivity contribution in [3.8, 4) is 11.5 Å². The second-order valence-electron chi connectivity index (χ2n) is 7.13. The molecule has 0 aliphatic carbocycles. The molecule has 3 rings (SSSR count). The summed E-state index contributed by atoms with van der Waals surface area (Å²) in [6, 6.07) is 16.1. The van der Waals surface area contributed by atoms with Gasteiger partial charge in [0.05, 0.1) is 20.3 Å². The molecule has 8 heteroatoms. The molecule has 3 aromatic rings. The molecule has 0 aliphatic heterocycles. The molecule has 7 nitrogen and oxygen atoms in total. The zero-order chi connectivity index (χ0) is 22.1. The molecule has 0 aliphatic rings. The van der Waals surface area contributed by atoms with E-state index >= 15 is 0 Å². The summed E-state index contributed by atoms with van der Waals surface area (Å²) in [5, 5.41) is 6.77. The van der Waals surface area contributed by atoms with Crippen LogP contribution in [0.1, 0.15) is 36.8 Å². The fraction of sp³-hybridized carbons (Fsp3) is 0.333. The minimum atomic E-state index is -0.0353. The first-order valence-electron chi connectivity index (χ1n) is 10.4. The van der Waals surface area contributed by atoms with Crippen molar-refractivity contribution in [3.05, 3.63) is 77.9 Å². The number of hydrogen-bond acceptors (Lipinski definition) is 4. The van der Waals surface area contributed by atoms with Crippen molar-refractivity contribution < 1.29 is 9.47 Å². The summed E-state index contributed by atoms with van der Waals surface area (Å²) in [5.41, 5.74) is 2.23. The lowest BCUT2D eigenvalue weighted by molar-refractivity contribution is 0.394. The van der Waals surface area contributed by atoms with Gasteiger partial charge in [0.15, 0.2) is 5.96 Å². The van der Waals surface area contributed by atoms with E-state index in [1.807, 2.05) is 55.7 Å². The first-order chi connectivity index (χ1) is 15.1. The van der Waals surface area contributed by atoms with E-state index in [9.17, 15) is 0 Å². The number of guanidine groups is 1. The number of aliphatic imine (C=N–C) groups is 1. The fourth-order valence-corrected chi connectivity index (χ4v) is 3.35. The van der Waals surface area contributed by atoms with E-state index in [4.69, 9.17) is 14.5 Å². The van der Waals surface area contributed by atoms with Crippen LogP contribution in [0.3, 0.4) is 0 Å². The van der Waals surface area contributed by atoms with Crippen molar-refractivity contribution in [2.75, 3.05) is 20.8 Å². The maximum atomic E-state index is 5.53. The van der Waals surface area contributed by atoms with E-state index in [0.717, 1.165) is 36.0 Å². The number of aromatic nitrogens is 2. The Kier molecular flexibility index (Phi) is 10.3. The van der Waals surface area contributed by atoms with Crippen molar-refractivity contribution in [2.45, 2.75) is 33.0 Å². The maximum Gasteiger partial charge on any atom is 0.192 e. The average molecular weight is 549 g/mol. The van der Waals surface area contributed by atoms with Crippen LogP contribution >= 0.6 is 24.0 Å². The minimum Gasteiger partial charge on any atom is -0.497 e. The molecule has 1 unspecified atom stereocenters. The molecular formula is C24H32IN5O2. The Balaban J connectivity index is 0.00000363. The SMILES string of the molecule is CCNC(=NCc1nccn1Cc1ccccc1)NC(C)c1cc(OC)ccc1OC.I. The molecule has 0 bridgehead atoms. The highest BCUT2D eigenvalue weighted by molar-refractivity contribution is 14.0. The van der Waals surface area contributed by atoms with E-state index in [2.05, 4.69) is 39.2 Å². The first kappa shape index (κ1) is 25.5. The molecule has 32 heavy (non-hydrogen) atoms. The molecule has 1 heterocycles. The van der Waals surface area contributed by atoms with Gasteiger partial charge in [-0.05, 0) is 37.6 Å². The number of nitrogens with zero attached hydrogens (tertiary/aromatic N) is 3. The maximum absolute atomic E-state index is 5.53. The number of imidazole rings is 1. The van der Waals surface area contributed by atoms with Gasteiger partial charge in [-0.3, -0.25) is 0 Å². The molecule has 0 saturated heterocycles. The molecule has 0 saturated carbocycles. The van der Waals surface area contributed by atoms with Gasteiger partial charge in [0, 0.05) is 31.0 Å². The average Bonchev–Trinajstić information content (AvgIpc) is 3.24. The molecule has 172 valence electrons. The summed E-state index contributed by atoms with van der Waals surface area (Å²) < 4.78 is 13.0. The van der Waals surface area contributed by atoms with E-state index in [1.54, 1.807) is 14.2 Å². The molecular weight excluding hydrogens is 517 g/mol. The number of halogens is 1. The summed E-state index contributed by atoms with van der Waals surface area (Å²) in [5.74, 6) is 3.21. The number of nitrogens with one attached hydrogen (secondary N) is 2. The number of hydrogen-bond donors (Lipinski definition) is 2. The number of benzene rings is 2. The van der Waals surface area contributed by atoms with Gasteiger partial charge < -0.3 is 24.7 Å². The third kappa shape index (κ3) is 6.88. The highest BCUT2D eigenvalue weighted by atomic mass is 127. The number of methoxy groups -OCH3 is 2. The number of ether oxygens (including phenoxy) is 2. The molecule has 1 aromatic heterocycles. The molecule has 0 amide bonds. The van der Waals surface area contributed by atoms with Crippen LogP contribution in [0, 0.1) is 0 Å². The third-order valence-corrected chi connectivity index (χ3v) is 4.98. The topological polar surface area (TPSA) is 72.7 Å². The Bertz CT molecular complexity index is 991. The van der Waals surface area contributed by atoms with Gasteiger partial charge >= 0.3 is 0 Å². The normalized spacial score (nSPS) is 11.9. The second-order valence-corrected chi connectivity index (χ2v) is 7.13. The quantitative estimate of drug-likeness (QED) is 0.236.